The van der Waals surface area contributed by atoms with Crippen LogP contribution in [0.4, 0.5) is 19.0 Å². The molecular weight excluding hydrogens is 245 g/mol. The number of nitrogens with zero attached hydrogens (tertiary/aromatic N) is 2. The number of hydrogen-bond acceptors (Lipinski definition) is 3. The summed E-state index contributed by atoms with van der Waals surface area (Å²) in [6.07, 6.45) is -4.46. The third kappa shape index (κ3) is 3.24. The lowest BCUT2D eigenvalue weighted by Crippen LogP contribution is -2.23. The minimum atomic E-state index is -4.46. The Labute approximate surface area is 95.5 Å². The molecule has 0 unspecified atom stereocenters. The van der Waals surface area contributed by atoms with Gasteiger partial charge in [0.1, 0.15) is 11.0 Å². The van der Waals surface area contributed by atoms with Crippen LogP contribution >= 0.6 is 11.6 Å². The molecule has 1 heterocycles. The average molecular weight is 255 g/mol. The fourth-order valence-corrected chi connectivity index (χ4v) is 1.31. The quantitative estimate of drug-likeness (QED) is 0.840. The summed E-state index contributed by atoms with van der Waals surface area (Å²) in [7, 11) is 1.52. The summed E-state index contributed by atoms with van der Waals surface area (Å²) in [6, 6.07) is 1.65. The van der Waals surface area contributed by atoms with Gasteiger partial charge in [-0.1, -0.05) is 11.6 Å². The Morgan fingerprint density at radius 1 is 1.44 bits per heavy atom. The van der Waals surface area contributed by atoms with Crippen molar-refractivity contribution in [2.75, 3.05) is 25.1 Å². The number of rotatable bonds is 3. The number of pyridine rings is 1. The number of likely N-dealkylation sites (N-methyl/N-ethyl adjacent to an activating group) is 1. The first kappa shape index (κ1) is 13.1. The first-order chi connectivity index (χ1) is 7.34. The molecule has 0 fully saturated rings. The normalized spacial score (nSPS) is 11.6. The van der Waals surface area contributed by atoms with Crippen LogP contribution in [0.5, 0.6) is 0 Å². The van der Waals surface area contributed by atoms with Gasteiger partial charge in [-0.2, -0.15) is 13.2 Å². The number of alkyl halides is 3. The van der Waals surface area contributed by atoms with Crippen molar-refractivity contribution in [3.63, 3.8) is 0 Å². The number of aromatic nitrogens is 1. The average Bonchev–Trinajstić information content (AvgIpc) is 2.16. The monoisotopic (exact) mass is 254 g/mol. The second-order valence-corrected chi connectivity index (χ2v) is 3.57. The molecule has 0 amide bonds. The molecule has 3 nitrogen and oxygen atoms in total. The topological polar surface area (TPSA) is 36.4 Å². The standard InChI is InChI=1S/C9H10ClF3N2O/c1-15(2-3-16)8-5-6(9(11,12)13)4-7(10)14-8/h4-5,16H,2-3H2,1H3. The molecule has 0 bridgehead atoms. The highest BCUT2D eigenvalue weighted by Crippen LogP contribution is 2.32. The summed E-state index contributed by atoms with van der Waals surface area (Å²) in [6.45, 7) is 0.0106. The zero-order valence-electron chi connectivity index (χ0n) is 8.42. The highest BCUT2D eigenvalue weighted by molar-refractivity contribution is 6.29. The van der Waals surface area contributed by atoms with Crippen LogP contribution in [0.25, 0.3) is 0 Å². The van der Waals surface area contributed by atoms with Gasteiger partial charge in [0.05, 0.1) is 12.2 Å². The van der Waals surface area contributed by atoms with Crippen molar-refractivity contribution in [1.29, 1.82) is 0 Å². The summed E-state index contributed by atoms with van der Waals surface area (Å²) in [5, 5.41) is 8.44. The Hall–Kier alpha value is -1.01. The van der Waals surface area contributed by atoms with Gasteiger partial charge in [0.25, 0.3) is 0 Å². The molecule has 0 aliphatic heterocycles. The number of hydrogen-bond donors (Lipinski definition) is 1. The molecule has 0 spiro atoms. The van der Waals surface area contributed by atoms with Crippen LogP contribution in [0.2, 0.25) is 5.15 Å². The molecule has 0 saturated carbocycles. The van der Waals surface area contributed by atoms with Crippen molar-refractivity contribution < 1.29 is 18.3 Å². The van der Waals surface area contributed by atoms with Gasteiger partial charge in [0.15, 0.2) is 0 Å². The van der Waals surface area contributed by atoms with Crippen LogP contribution < -0.4 is 4.90 Å². The first-order valence-electron chi connectivity index (χ1n) is 4.41. The number of aliphatic hydroxyl groups is 1. The Balaban J connectivity index is 3.08. The van der Waals surface area contributed by atoms with Crippen LogP contribution in [-0.4, -0.2) is 30.3 Å². The van der Waals surface area contributed by atoms with Crippen molar-refractivity contribution in [2.45, 2.75) is 6.18 Å². The smallest absolute Gasteiger partial charge is 0.395 e. The third-order valence-corrected chi connectivity index (χ3v) is 2.13. The van der Waals surface area contributed by atoms with Crippen LogP contribution in [0, 0.1) is 0 Å². The summed E-state index contributed by atoms with van der Waals surface area (Å²) >= 11 is 5.50. The van der Waals surface area contributed by atoms with Crippen molar-refractivity contribution >= 4 is 17.4 Å². The van der Waals surface area contributed by atoms with Gasteiger partial charge < -0.3 is 10.0 Å². The molecule has 90 valence electrons. The molecule has 1 rings (SSSR count). The van der Waals surface area contributed by atoms with Crippen molar-refractivity contribution in [2.24, 2.45) is 0 Å². The molecule has 1 aromatic heterocycles. The maximum absolute atomic E-state index is 12.4. The minimum absolute atomic E-state index is 0.0777. The van der Waals surface area contributed by atoms with Crippen molar-refractivity contribution in [3.8, 4) is 0 Å². The second-order valence-electron chi connectivity index (χ2n) is 3.18. The van der Waals surface area contributed by atoms with Crippen LogP contribution in [0.3, 0.4) is 0 Å². The largest absolute Gasteiger partial charge is 0.416 e. The lowest BCUT2D eigenvalue weighted by Gasteiger charge is -2.18. The number of halogens is 4. The highest BCUT2D eigenvalue weighted by Gasteiger charge is 2.31. The Bertz CT molecular complexity index is 370. The van der Waals surface area contributed by atoms with E-state index in [4.69, 9.17) is 16.7 Å². The molecular formula is C9H10ClF3N2O. The molecule has 0 aliphatic carbocycles. The Morgan fingerprint density at radius 3 is 2.56 bits per heavy atom. The third-order valence-electron chi connectivity index (χ3n) is 1.93. The van der Waals surface area contributed by atoms with E-state index < -0.39 is 11.7 Å². The molecule has 0 atom stereocenters. The van der Waals surface area contributed by atoms with E-state index in [9.17, 15) is 13.2 Å². The Morgan fingerprint density at radius 2 is 2.06 bits per heavy atom. The van der Waals surface area contributed by atoms with E-state index in [0.29, 0.717) is 0 Å². The minimum Gasteiger partial charge on any atom is -0.395 e. The van der Waals surface area contributed by atoms with E-state index >= 15 is 0 Å². The van der Waals surface area contributed by atoms with E-state index in [2.05, 4.69) is 4.98 Å². The van der Waals surface area contributed by atoms with Crippen LogP contribution in [0.1, 0.15) is 5.56 Å². The summed E-state index contributed by atoms with van der Waals surface area (Å²) in [4.78, 5) is 5.14. The first-order valence-corrected chi connectivity index (χ1v) is 4.79. The molecule has 0 aromatic carbocycles. The van der Waals surface area contributed by atoms with Crippen LogP contribution in [0.15, 0.2) is 12.1 Å². The number of aliphatic hydroxyl groups excluding tert-OH is 1. The Kier molecular flexibility index (Phi) is 3.98. The zero-order chi connectivity index (χ0) is 12.3. The van der Waals surface area contributed by atoms with Gasteiger partial charge in [-0.15, -0.1) is 0 Å². The fourth-order valence-electron chi connectivity index (χ4n) is 1.11. The van der Waals surface area contributed by atoms with E-state index in [1.807, 2.05) is 0 Å². The highest BCUT2D eigenvalue weighted by atomic mass is 35.5. The summed E-state index contributed by atoms with van der Waals surface area (Å²) in [5.41, 5.74) is -0.854. The SMILES string of the molecule is CN(CCO)c1cc(C(F)(F)F)cc(Cl)n1. The van der Waals surface area contributed by atoms with Gasteiger partial charge in [-0.3, -0.25) is 0 Å². The van der Waals surface area contributed by atoms with Gasteiger partial charge in [0.2, 0.25) is 0 Å². The molecule has 0 saturated heterocycles. The lowest BCUT2D eigenvalue weighted by atomic mass is 10.2. The summed E-state index contributed by atoms with van der Waals surface area (Å²) in [5.74, 6) is 0.0777. The van der Waals surface area contributed by atoms with Crippen molar-refractivity contribution in [1.82, 2.24) is 4.98 Å². The molecule has 7 heteroatoms. The number of anilines is 1. The van der Waals surface area contributed by atoms with Gasteiger partial charge in [-0.05, 0) is 12.1 Å². The van der Waals surface area contributed by atoms with Gasteiger partial charge in [0, 0.05) is 13.6 Å². The molecule has 16 heavy (non-hydrogen) atoms. The maximum atomic E-state index is 12.4. The van der Waals surface area contributed by atoms with E-state index in [-0.39, 0.29) is 24.1 Å². The van der Waals surface area contributed by atoms with Crippen molar-refractivity contribution in [3.05, 3.63) is 22.8 Å². The maximum Gasteiger partial charge on any atom is 0.416 e. The fraction of sp³-hybridized carbons (Fsp3) is 0.444. The van der Waals surface area contributed by atoms with E-state index in [1.165, 1.54) is 11.9 Å². The summed E-state index contributed by atoms with van der Waals surface area (Å²) < 4.78 is 37.3. The van der Waals surface area contributed by atoms with Gasteiger partial charge >= 0.3 is 6.18 Å². The van der Waals surface area contributed by atoms with Gasteiger partial charge in [-0.25, -0.2) is 4.98 Å². The second kappa shape index (κ2) is 4.88. The molecule has 1 N–H and O–H groups in total. The predicted octanol–water partition coefficient (Wildman–Crippen LogP) is 2.18. The molecule has 0 aliphatic rings. The lowest BCUT2D eigenvalue weighted by molar-refractivity contribution is -0.137. The van der Waals surface area contributed by atoms with Crippen LogP contribution in [-0.2, 0) is 6.18 Å². The van der Waals surface area contributed by atoms with E-state index in [1.54, 1.807) is 0 Å². The predicted molar refractivity (Wildman–Crippen MR) is 54.6 cm³/mol. The molecule has 1 aromatic rings. The molecule has 0 radical (unpaired) electrons. The van der Waals surface area contributed by atoms with E-state index in [0.717, 1.165) is 12.1 Å². The zero-order valence-corrected chi connectivity index (χ0v) is 9.18.